The maximum absolute atomic E-state index is 3.80. The van der Waals surface area contributed by atoms with Crippen molar-refractivity contribution < 1.29 is 0 Å². The lowest BCUT2D eigenvalue weighted by Crippen LogP contribution is -2.00. The van der Waals surface area contributed by atoms with E-state index in [1.165, 1.54) is 29.5 Å². The fourth-order valence-electron chi connectivity index (χ4n) is 1.82. The lowest BCUT2D eigenvalue weighted by atomic mass is 9.95. The van der Waals surface area contributed by atoms with E-state index in [2.05, 4.69) is 61.8 Å². The quantitative estimate of drug-likeness (QED) is 0.661. The molecule has 0 heterocycles. The first-order valence-electron chi connectivity index (χ1n) is 5.75. The Kier molecular flexibility index (Phi) is 4.85. The summed E-state index contributed by atoms with van der Waals surface area (Å²) in [4.78, 5) is 0.507. The summed E-state index contributed by atoms with van der Waals surface area (Å²) >= 11 is 3.80. The van der Waals surface area contributed by atoms with Crippen molar-refractivity contribution in [2.45, 2.75) is 45.4 Å². The third kappa shape index (κ3) is 3.64. The van der Waals surface area contributed by atoms with Gasteiger partial charge < -0.3 is 0 Å². The van der Waals surface area contributed by atoms with Crippen LogP contribution in [0.5, 0.6) is 0 Å². The predicted octanol–water partition coefficient (Wildman–Crippen LogP) is 5.18. The zero-order valence-electron chi connectivity index (χ0n) is 10.2. The smallest absolute Gasteiger partial charge is 0.0400 e. The van der Waals surface area contributed by atoms with Crippen LogP contribution in [-0.4, -0.2) is 0 Å². The Morgan fingerprint density at radius 1 is 1.27 bits per heavy atom. The second kappa shape index (κ2) is 5.69. The number of hydrogen-bond donors (Lipinski definition) is 0. The van der Waals surface area contributed by atoms with Crippen molar-refractivity contribution in [3.63, 3.8) is 0 Å². The molecule has 0 saturated heterocycles. The van der Waals surface area contributed by atoms with Crippen LogP contribution in [0.4, 0.5) is 0 Å². The van der Waals surface area contributed by atoms with E-state index in [1.807, 2.05) is 0 Å². The lowest BCUT2D eigenvalue weighted by molar-refractivity contribution is 0.514. The molecular weight excluding hydrogens is 248 g/mol. The fourth-order valence-corrected chi connectivity index (χ4v) is 2.98. The second-order valence-electron chi connectivity index (χ2n) is 4.58. The van der Waals surface area contributed by atoms with Crippen LogP contribution in [0.3, 0.4) is 0 Å². The molecule has 0 N–H and O–H groups in total. The normalized spacial score (nSPS) is 15.0. The minimum Gasteiger partial charge on any atom is -0.0839 e. The molecule has 0 bridgehead atoms. The van der Waals surface area contributed by atoms with Gasteiger partial charge in [-0.3, -0.25) is 0 Å². The monoisotopic (exact) mass is 268 g/mol. The van der Waals surface area contributed by atoms with Gasteiger partial charge in [-0.05, 0) is 37.3 Å². The topological polar surface area (TPSA) is 0 Å². The molecule has 0 spiro atoms. The number of hydrogen-bond acceptors (Lipinski definition) is 0. The van der Waals surface area contributed by atoms with Crippen LogP contribution in [0, 0.1) is 19.8 Å². The number of alkyl halides is 1. The molecule has 2 unspecified atom stereocenters. The molecule has 0 aliphatic heterocycles. The van der Waals surface area contributed by atoms with Crippen LogP contribution < -0.4 is 0 Å². The predicted molar refractivity (Wildman–Crippen MR) is 71.7 cm³/mol. The first kappa shape index (κ1) is 12.8. The van der Waals surface area contributed by atoms with Gasteiger partial charge in [-0.2, -0.15) is 0 Å². The van der Waals surface area contributed by atoms with Crippen molar-refractivity contribution in [1.29, 1.82) is 0 Å². The standard InChI is InChI=1S/C14H21Br/c1-5-10(2)9-14(15)13-7-6-11(3)8-12(13)4/h6-8,10,14H,5,9H2,1-4H3. The Morgan fingerprint density at radius 2 is 1.93 bits per heavy atom. The van der Waals surface area contributed by atoms with Gasteiger partial charge >= 0.3 is 0 Å². The summed E-state index contributed by atoms with van der Waals surface area (Å²) in [6.45, 7) is 8.92. The van der Waals surface area contributed by atoms with Crippen LogP contribution >= 0.6 is 15.9 Å². The van der Waals surface area contributed by atoms with Crippen LogP contribution in [0.25, 0.3) is 0 Å². The molecule has 0 radical (unpaired) electrons. The molecule has 1 aromatic carbocycles. The van der Waals surface area contributed by atoms with E-state index in [9.17, 15) is 0 Å². The second-order valence-corrected chi connectivity index (χ2v) is 5.68. The summed E-state index contributed by atoms with van der Waals surface area (Å²) < 4.78 is 0. The van der Waals surface area contributed by atoms with Gasteiger partial charge in [0, 0.05) is 4.83 Å². The maximum Gasteiger partial charge on any atom is 0.0400 e. The highest BCUT2D eigenvalue weighted by molar-refractivity contribution is 9.09. The molecule has 15 heavy (non-hydrogen) atoms. The van der Waals surface area contributed by atoms with Crippen molar-refractivity contribution in [2.75, 3.05) is 0 Å². The van der Waals surface area contributed by atoms with Crippen molar-refractivity contribution in [2.24, 2.45) is 5.92 Å². The van der Waals surface area contributed by atoms with E-state index < -0.39 is 0 Å². The van der Waals surface area contributed by atoms with Gasteiger partial charge in [0.25, 0.3) is 0 Å². The Bertz CT molecular complexity index is 317. The SMILES string of the molecule is CCC(C)CC(Br)c1ccc(C)cc1C. The zero-order valence-corrected chi connectivity index (χ0v) is 11.8. The molecule has 0 amide bonds. The number of benzene rings is 1. The van der Waals surface area contributed by atoms with Crippen LogP contribution in [0.15, 0.2) is 18.2 Å². The molecule has 0 aliphatic rings. The molecule has 1 heteroatoms. The van der Waals surface area contributed by atoms with Gasteiger partial charge in [0.15, 0.2) is 0 Å². The Morgan fingerprint density at radius 3 is 2.47 bits per heavy atom. The highest BCUT2D eigenvalue weighted by atomic mass is 79.9. The van der Waals surface area contributed by atoms with E-state index in [1.54, 1.807) is 0 Å². The minimum atomic E-state index is 0.507. The van der Waals surface area contributed by atoms with E-state index in [4.69, 9.17) is 0 Å². The van der Waals surface area contributed by atoms with Crippen LogP contribution in [0.1, 0.15) is 48.2 Å². The highest BCUT2D eigenvalue weighted by Gasteiger charge is 2.12. The number of aryl methyl sites for hydroxylation is 2. The first-order chi connectivity index (χ1) is 7.04. The van der Waals surface area contributed by atoms with Gasteiger partial charge in [-0.1, -0.05) is 60.0 Å². The molecule has 1 rings (SSSR count). The van der Waals surface area contributed by atoms with E-state index in [0.717, 1.165) is 5.92 Å². The molecule has 0 aliphatic carbocycles. The molecule has 0 aromatic heterocycles. The average molecular weight is 269 g/mol. The Balaban J connectivity index is 2.77. The van der Waals surface area contributed by atoms with E-state index >= 15 is 0 Å². The van der Waals surface area contributed by atoms with Crippen molar-refractivity contribution in [3.05, 3.63) is 34.9 Å². The Labute approximate surface area is 102 Å². The summed E-state index contributed by atoms with van der Waals surface area (Å²) in [7, 11) is 0. The Hall–Kier alpha value is -0.300. The van der Waals surface area contributed by atoms with Gasteiger partial charge in [-0.25, -0.2) is 0 Å². The van der Waals surface area contributed by atoms with Gasteiger partial charge in [0.05, 0.1) is 0 Å². The molecule has 1 aromatic rings. The molecule has 0 fully saturated rings. The van der Waals surface area contributed by atoms with Gasteiger partial charge in [-0.15, -0.1) is 0 Å². The van der Waals surface area contributed by atoms with Crippen LogP contribution in [0.2, 0.25) is 0 Å². The number of halogens is 1. The highest BCUT2D eigenvalue weighted by Crippen LogP contribution is 2.33. The lowest BCUT2D eigenvalue weighted by Gasteiger charge is -2.17. The average Bonchev–Trinajstić information content (AvgIpc) is 2.17. The van der Waals surface area contributed by atoms with Crippen LogP contribution in [-0.2, 0) is 0 Å². The molecular formula is C14H21Br. The first-order valence-corrected chi connectivity index (χ1v) is 6.67. The third-order valence-corrected chi connectivity index (χ3v) is 3.94. The third-order valence-electron chi connectivity index (χ3n) is 3.07. The maximum atomic E-state index is 3.80. The van der Waals surface area contributed by atoms with Crippen molar-refractivity contribution >= 4 is 15.9 Å². The van der Waals surface area contributed by atoms with Gasteiger partial charge in [0.1, 0.15) is 0 Å². The van der Waals surface area contributed by atoms with Crippen molar-refractivity contribution in [3.8, 4) is 0 Å². The molecule has 0 nitrogen and oxygen atoms in total. The minimum absolute atomic E-state index is 0.507. The van der Waals surface area contributed by atoms with Crippen molar-refractivity contribution in [1.82, 2.24) is 0 Å². The summed E-state index contributed by atoms with van der Waals surface area (Å²) in [6, 6.07) is 6.72. The zero-order chi connectivity index (χ0) is 11.4. The molecule has 2 atom stereocenters. The summed E-state index contributed by atoms with van der Waals surface area (Å²) in [5.41, 5.74) is 4.19. The summed E-state index contributed by atoms with van der Waals surface area (Å²) in [6.07, 6.45) is 2.48. The van der Waals surface area contributed by atoms with E-state index in [0.29, 0.717) is 4.83 Å². The van der Waals surface area contributed by atoms with Gasteiger partial charge in [0.2, 0.25) is 0 Å². The summed E-state index contributed by atoms with van der Waals surface area (Å²) in [5, 5.41) is 0. The molecule has 84 valence electrons. The van der Waals surface area contributed by atoms with E-state index in [-0.39, 0.29) is 0 Å². The fraction of sp³-hybridized carbons (Fsp3) is 0.571. The summed E-state index contributed by atoms with van der Waals surface area (Å²) in [5.74, 6) is 0.787. The number of rotatable bonds is 4. The largest absolute Gasteiger partial charge is 0.0839 e. The molecule has 0 saturated carbocycles.